The number of halogens is 3. The normalized spacial score (nSPS) is 22.5. The summed E-state index contributed by atoms with van der Waals surface area (Å²) in [7, 11) is -3.35. The van der Waals surface area contributed by atoms with E-state index in [2.05, 4.69) is 4.74 Å². The van der Waals surface area contributed by atoms with Crippen LogP contribution < -0.4 is 10.3 Å². The number of alkyl halides is 3. The summed E-state index contributed by atoms with van der Waals surface area (Å²) in [4.78, 5) is 26.3. The molecule has 0 N–H and O–H groups in total. The molecular weight excluding hydrogens is 477 g/mol. The van der Waals surface area contributed by atoms with Crippen molar-refractivity contribution in [3.63, 3.8) is 0 Å². The van der Waals surface area contributed by atoms with Gasteiger partial charge in [-0.2, -0.15) is 13.2 Å². The zero-order valence-electron chi connectivity index (χ0n) is 18.2. The Bertz CT molecular complexity index is 1210. The van der Waals surface area contributed by atoms with E-state index in [1.165, 1.54) is 46.0 Å². The minimum atomic E-state index is -4.58. The Kier molecular flexibility index (Phi) is 6.36. The second kappa shape index (κ2) is 8.97. The van der Waals surface area contributed by atoms with Crippen LogP contribution in [0.1, 0.15) is 25.7 Å². The van der Waals surface area contributed by atoms with Crippen molar-refractivity contribution in [1.82, 2.24) is 9.47 Å². The fourth-order valence-electron chi connectivity index (χ4n) is 4.53. The number of amides is 1. The lowest BCUT2D eigenvalue weighted by molar-refractivity contribution is -0.163. The molecular formula is C22H23F3N2O6S. The topological polar surface area (TPSA) is 94.9 Å². The Morgan fingerprint density at radius 2 is 1.71 bits per heavy atom. The van der Waals surface area contributed by atoms with Gasteiger partial charge in [0.2, 0.25) is 0 Å². The molecule has 12 heteroatoms. The summed E-state index contributed by atoms with van der Waals surface area (Å²) in [6, 6.07) is 8.27. The molecule has 2 fully saturated rings. The average molecular weight is 500 g/mol. The number of carbonyl (C=O) groups excluding carboxylic acids is 1. The standard InChI is InChI=1S/C22H23F3N2O6S/c1-34(30,31)19-6-4-14(5-7-19)26-9-8-17(12-20(26)28)33-18-10-15-2-3-16(11-18)27(15)21(29)32-13-22(23,24)25/h4-9,12,15-16,18H,2-3,10-11,13H2,1H3. The molecule has 4 rings (SSSR count). The van der Waals surface area contributed by atoms with Crippen molar-refractivity contribution >= 4 is 15.9 Å². The first kappa shape index (κ1) is 24.1. The van der Waals surface area contributed by atoms with E-state index in [1.807, 2.05) is 0 Å². The van der Waals surface area contributed by atoms with Crippen LogP contribution in [0.15, 0.2) is 52.3 Å². The Morgan fingerprint density at radius 1 is 1.09 bits per heavy atom. The van der Waals surface area contributed by atoms with Crippen molar-refractivity contribution in [3.05, 3.63) is 52.9 Å². The minimum absolute atomic E-state index is 0.146. The highest BCUT2D eigenvalue weighted by Gasteiger charge is 2.45. The molecule has 2 atom stereocenters. The van der Waals surface area contributed by atoms with Crippen molar-refractivity contribution in [3.8, 4) is 11.4 Å². The number of rotatable bonds is 5. The lowest BCUT2D eigenvalue weighted by Crippen LogP contribution is -2.50. The predicted octanol–water partition coefficient (Wildman–Crippen LogP) is 3.31. The third-order valence-electron chi connectivity index (χ3n) is 6.00. The minimum Gasteiger partial charge on any atom is -0.490 e. The maximum absolute atomic E-state index is 12.6. The Hall–Kier alpha value is -3.02. The molecule has 34 heavy (non-hydrogen) atoms. The molecule has 2 aromatic rings. The summed E-state index contributed by atoms with van der Waals surface area (Å²) in [6.45, 7) is -1.62. The quantitative estimate of drug-likeness (QED) is 0.625. The Balaban J connectivity index is 1.40. The van der Waals surface area contributed by atoms with Crippen molar-refractivity contribution < 1.29 is 35.9 Å². The van der Waals surface area contributed by atoms with Gasteiger partial charge in [-0.1, -0.05) is 0 Å². The molecule has 1 amide bonds. The van der Waals surface area contributed by atoms with E-state index in [0.29, 0.717) is 37.1 Å². The van der Waals surface area contributed by atoms with Crippen LogP contribution in [0.25, 0.3) is 5.69 Å². The van der Waals surface area contributed by atoms with Gasteiger partial charge in [-0.25, -0.2) is 13.2 Å². The van der Waals surface area contributed by atoms with Crippen LogP contribution in [0.4, 0.5) is 18.0 Å². The number of pyridine rings is 1. The second-order valence-corrected chi connectivity index (χ2v) is 10.5. The zero-order valence-corrected chi connectivity index (χ0v) is 19.0. The van der Waals surface area contributed by atoms with Crippen LogP contribution in [0, 0.1) is 0 Å². The highest BCUT2D eigenvalue weighted by atomic mass is 32.2. The number of piperidine rings is 1. The van der Waals surface area contributed by atoms with Crippen molar-refractivity contribution in [2.75, 3.05) is 12.9 Å². The molecule has 0 spiro atoms. The van der Waals surface area contributed by atoms with Gasteiger partial charge in [0.05, 0.1) is 4.90 Å². The van der Waals surface area contributed by atoms with Crippen LogP contribution >= 0.6 is 0 Å². The lowest BCUT2D eigenvalue weighted by atomic mass is 10.0. The van der Waals surface area contributed by atoms with E-state index >= 15 is 0 Å². The molecule has 2 bridgehead atoms. The van der Waals surface area contributed by atoms with Gasteiger partial charge in [0.25, 0.3) is 5.56 Å². The fraction of sp³-hybridized carbons (Fsp3) is 0.455. The molecule has 3 heterocycles. The maximum Gasteiger partial charge on any atom is 0.422 e. The van der Waals surface area contributed by atoms with Crippen LogP contribution in [0.3, 0.4) is 0 Å². The zero-order chi connectivity index (χ0) is 24.7. The van der Waals surface area contributed by atoms with E-state index in [-0.39, 0.29) is 28.6 Å². The van der Waals surface area contributed by atoms with E-state index in [0.717, 1.165) is 6.26 Å². The fourth-order valence-corrected chi connectivity index (χ4v) is 5.16. The highest BCUT2D eigenvalue weighted by molar-refractivity contribution is 7.90. The first-order chi connectivity index (χ1) is 15.9. The first-order valence-corrected chi connectivity index (χ1v) is 12.5. The van der Waals surface area contributed by atoms with Gasteiger partial charge in [-0.05, 0) is 43.2 Å². The Labute approximate surface area is 193 Å². The number of hydrogen-bond donors (Lipinski definition) is 0. The largest absolute Gasteiger partial charge is 0.490 e. The number of sulfone groups is 1. The predicted molar refractivity (Wildman–Crippen MR) is 115 cm³/mol. The summed E-state index contributed by atoms with van der Waals surface area (Å²) < 4.78 is 72.0. The number of carbonyl (C=O) groups is 1. The van der Waals surface area contributed by atoms with Crippen LogP contribution in [-0.4, -0.2) is 61.2 Å². The average Bonchev–Trinajstić information content (AvgIpc) is 3.02. The summed E-state index contributed by atoms with van der Waals surface area (Å²) in [5.74, 6) is 0.339. The number of hydrogen-bond acceptors (Lipinski definition) is 6. The maximum atomic E-state index is 12.6. The smallest absolute Gasteiger partial charge is 0.422 e. The van der Waals surface area contributed by atoms with Gasteiger partial charge in [0.15, 0.2) is 16.4 Å². The molecule has 0 aliphatic carbocycles. The molecule has 1 aromatic carbocycles. The van der Waals surface area contributed by atoms with Crippen LogP contribution in [0.5, 0.6) is 5.75 Å². The monoisotopic (exact) mass is 500 g/mol. The molecule has 184 valence electrons. The summed E-state index contributed by atoms with van der Waals surface area (Å²) in [6.07, 6.45) is -1.07. The molecule has 0 saturated carbocycles. The van der Waals surface area contributed by atoms with Crippen LogP contribution in [-0.2, 0) is 14.6 Å². The van der Waals surface area contributed by atoms with E-state index in [1.54, 1.807) is 6.07 Å². The lowest BCUT2D eigenvalue weighted by Gasteiger charge is -2.38. The summed E-state index contributed by atoms with van der Waals surface area (Å²) in [5, 5.41) is 0. The number of aromatic nitrogens is 1. The number of ether oxygens (including phenoxy) is 2. The van der Waals surface area contributed by atoms with E-state index < -0.39 is 28.7 Å². The molecule has 2 aliphatic heterocycles. The number of fused-ring (bicyclic) bond motifs is 2. The molecule has 8 nitrogen and oxygen atoms in total. The van der Waals surface area contributed by atoms with E-state index in [4.69, 9.17) is 4.74 Å². The summed E-state index contributed by atoms with van der Waals surface area (Å²) in [5.41, 5.74) is 0.119. The highest BCUT2D eigenvalue weighted by Crippen LogP contribution is 2.38. The van der Waals surface area contributed by atoms with Crippen molar-refractivity contribution in [2.24, 2.45) is 0 Å². The van der Waals surface area contributed by atoms with Crippen molar-refractivity contribution in [2.45, 2.75) is 54.9 Å². The summed E-state index contributed by atoms with van der Waals surface area (Å²) >= 11 is 0. The first-order valence-electron chi connectivity index (χ1n) is 10.6. The second-order valence-electron chi connectivity index (χ2n) is 8.51. The van der Waals surface area contributed by atoms with Crippen molar-refractivity contribution in [1.29, 1.82) is 0 Å². The van der Waals surface area contributed by atoms with Gasteiger partial charge in [0, 0.05) is 49.1 Å². The Morgan fingerprint density at radius 3 is 2.24 bits per heavy atom. The number of benzene rings is 1. The molecule has 0 radical (unpaired) electrons. The van der Waals surface area contributed by atoms with Gasteiger partial charge in [0.1, 0.15) is 11.9 Å². The van der Waals surface area contributed by atoms with Gasteiger partial charge in [-0.15, -0.1) is 0 Å². The SMILES string of the molecule is CS(=O)(=O)c1ccc(-n2ccc(OC3CC4CCC(C3)N4C(=O)OCC(F)(F)F)cc2=O)cc1. The van der Waals surface area contributed by atoms with E-state index in [9.17, 15) is 31.2 Å². The molecule has 1 aromatic heterocycles. The molecule has 2 aliphatic rings. The van der Waals surface area contributed by atoms with Crippen LogP contribution in [0.2, 0.25) is 0 Å². The molecule has 2 unspecified atom stereocenters. The number of nitrogens with zero attached hydrogens (tertiary/aromatic N) is 2. The van der Waals surface area contributed by atoms with Gasteiger partial charge in [-0.3, -0.25) is 9.36 Å². The third kappa shape index (κ3) is 5.37. The van der Waals surface area contributed by atoms with Gasteiger partial charge < -0.3 is 14.4 Å². The van der Waals surface area contributed by atoms with Gasteiger partial charge >= 0.3 is 12.3 Å². The molecule has 2 saturated heterocycles. The third-order valence-corrected chi connectivity index (χ3v) is 7.13.